The van der Waals surface area contributed by atoms with E-state index in [-0.39, 0.29) is 5.82 Å². The van der Waals surface area contributed by atoms with Gasteiger partial charge in [0.15, 0.2) is 6.29 Å². The molecule has 0 unspecified atom stereocenters. The Kier molecular flexibility index (Phi) is 3.63. The summed E-state index contributed by atoms with van der Waals surface area (Å²) >= 11 is 5.91. The highest BCUT2D eigenvalue weighted by Crippen LogP contribution is 2.30. The van der Waals surface area contributed by atoms with Gasteiger partial charge in [0.2, 0.25) is 0 Å². The smallest absolute Gasteiger partial charge is 0.152 e. The summed E-state index contributed by atoms with van der Waals surface area (Å²) in [6.45, 7) is 0. The van der Waals surface area contributed by atoms with Gasteiger partial charge in [0, 0.05) is 17.6 Å². The van der Waals surface area contributed by atoms with Crippen LogP contribution in [-0.2, 0) is 0 Å². The second kappa shape index (κ2) is 5.19. The number of anilines is 2. The number of hydrogen-bond donors (Lipinski definition) is 0. The molecule has 2 aromatic rings. The third kappa shape index (κ3) is 2.36. The Morgan fingerprint density at radius 3 is 2.56 bits per heavy atom. The number of para-hydroxylation sites is 1. The average molecular weight is 264 g/mol. The lowest BCUT2D eigenvalue weighted by molar-refractivity contribution is 0.112. The highest BCUT2D eigenvalue weighted by Gasteiger charge is 2.12. The first-order chi connectivity index (χ1) is 8.63. The molecule has 0 amide bonds. The molecular weight excluding hydrogens is 253 g/mol. The lowest BCUT2D eigenvalue weighted by atomic mass is 10.1. The number of benzene rings is 2. The first kappa shape index (κ1) is 12.6. The van der Waals surface area contributed by atoms with E-state index in [1.807, 2.05) is 0 Å². The molecule has 0 spiro atoms. The predicted molar refractivity (Wildman–Crippen MR) is 71.3 cm³/mol. The molecular formula is C14H11ClFNO. The molecule has 92 valence electrons. The van der Waals surface area contributed by atoms with Crippen molar-refractivity contribution in [2.45, 2.75) is 0 Å². The number of hydrogen-bond acceptors (Lipinski definition) is 2. The van der Waals surface area contributed by atoms with Crippen LogP contribution in [0, 0.1) is 5.82 Å². The topological polar surface area (TPSA) is 20.3 Å². The fourth-order valence-corrected chi connectivity index (χ4v) is 1.93. The van der Waals surface area contributed by atoms with Gasteiger partial charge in [-0.15, -0.1) is 0 Å². The van der Waals surface area contributed by atoms with Crippen LogP contribution >= 0.6 is 11.6 Å². The monoisotopic (exact) mass is 263 g/mol. The molecule has 0 heterocycles. The quantitative estimate of drug-likeness (QED) is 0.779. The summed E-state index contributed by atoms with van der Waals surface area (Å²) in [4.78, 5) is 12.6. The van der Waals surface area contributed by atoms with E-state index in [1.54, 1.807) is 48.3 Å². The van der Waals surface area contributed by atoms with Crippen molar-refractivity contribution in [3.8, 4) is 0 Å². The van der Waals surface area contributed by atoms with Crippen molar-refractivity contribution >= 4 is 29.3 Å². The van der Waals surface area contributed by atoms with Crippen LogP contribution in [0.25, 0.3) is 0 Å². The molecule has 0 saturated heterocycles. The maximum atomic E-state index is 13.7. The normalized spacial score (nSPS) is 10.2. The molecule has 2 rings (SSSR count). The minimum absolute atomic E-state index is 0.350. The molecule has 0 aliphatic carbocycles. The van der Waals surface area contributed by atoms with E-state index in [2.05, 4.69) is 0 Å². The van der Waals surface area contributed by atoms with Crippen LogP contribution in [0.2, 0.25) is 5.02 Å². The van der Waals surface area contributed by atoms with Crippen LogP contribution in [0.15, 0.2) is 42.5 Å². The molecule has 2 aromatic carbocycles. The Morgan fingerprint density at radius 2 is 1.89 bits per heavy atom. The zero-order chi connectivity index (χ0) is 13.1. The van der Waals surface area contributed by atoms with Gasteiger partial charge in [-0.05, 0) is 30.3 Å². The molecule has 0 aromatic heterocycles. The molecule has 0 radical (unpaired) electrons. The minimum atomic E-state index is -0.350. The Bertz CT molecular complexity index is 586. The number of halogens is 2. The number of carbonyl (C=O) groups excluding carboxylic acids is 1. The van der Waals surface area contributed by atoms with Gasteiger partial charge < -0.3 is 4.90 Å². The fourth-order valence-electron chi connectivity index (χ4n) is 1.76. The van der Waals surface area contributed by atoms with Gasteiger partial charge in [-0.3, -0.25) is 4.79 Å². The summed E-state index contributed by atoms with van der Waals surface area (Å²) in [5.74, 6) is -0.350. The third-order valence-electron chi connectivity index (χ3n) is 2.69. The Labute approximate surface area is 110 Å². The average Bonchev–Trinajstić information content (AvgIpc) is 2.38. The maximum absolute atomic E-state index is 13.7. The number of aldehydes is 1. The lowest BCUT2D eigenvalue weighted by Gasteiger charge is -2.21. The summed E-state index contributed by atoms with van der Waals surface area (Å²) in [5, 5.41) is 0.499. The van der Waals surface area contributed by atoms with E-state index >= 15 is 0 Å². The largest absolute Gasteiger partial charge is 0.342 e. The Balaban J connectivity index is 2.52. The first-order valence-corrected chi connectivity index (χ1v) is 5.74. The molecule has 2 nitrogen and oxygen atoms in total. The van der Waals surface area contributed by atoms with Gasteiger partial charge in [0.25, 0.3) is 0 Å². The second-order valence-electron chi connectivity index (χ2n) is 3.83. The van der Waals surface area contributed by atoms with E-state index in [0.717, 1.165) is 6.29 Å². The zero-order valence-corrected chi connectivity index (χ0v) is 10.5. The van der Waals surface area contributed by atoms with E-state index in [1.165, 1.54) is 6.07 Å². The molecule has 0 aliphatic heterocycles. The zero-order valence-electron chi connectivity index (χ0n) is 9.73. The number of rotatable bonds is 3. The lowest BCUT2D eigenvalue weighted by Crippen LogP contribution is -2.13. The highest BCUT2D eigenvalue weighted by atomic mass is 35.5. The van der Waals surface area contributed by atoms with Crippen molar-refractivity contribution in [2.24, 2.45) is 0 Å². The highest BCUT2D eigenvalue weighted by molar-refractivity contribution is 6.31. The Hall–Kier alpha value is -1.87. The van der Waals surface area contributed by atoms with Crippen LogP contribution in [0.1, 0.15) is 10.4 Å². The SMILES string of the molecule is CN(c1ccccc1F)c1cc(Cl)ccc1C=O. The summed E-state index contributed by atoms with van der Waals surface area (Å²) in [7, 11) is 1.69. The van der Waals surface area contributed by atoms with E-state index in [4.69, 9.17) is 11.6 Å². The molecule has 0 atom stereocenters. The third-order valence-corrected chi connectivity index (χ3v) is 2.93. The molecule has 0 saturated carbocycles. The van der Waals surface area contributed by atoms with Crippen LogP contribution < -0.4 is 4.90 Å². The number of nitrogens with zero attached hydrogens (tertiary/aromatic N) is 1. The molecule has 0 N–H and O–H groups in total. The van der Waals surface area contributed by atoms with E-state index in [9.17, 15) is 9.18 Å². The summed E-state index contributed by atoms with van der Waals surface area (Å²) in [6.07, 6.45) is 0.725. The van der Waals surface area contributed by atoms with Gasteiger partial charge >= 0.3 is 0 Å². The van der Waals surface area contributed by atoms with Crippen LogP contribution in [-0.4, -0.2) is 13.3 Å². The molecule has 18 heavy (non-hydrogen) atoms. The van der Waals surface area contributed by atoms with Crippen molar-refractivity contribution < 1.29 is 9.18 Å². The predicted octanol–water partition coefficient (Wildman–Crippen LogP) is 4.06. The molecule has 0 fully saturated rings. The fraction of sp³-hybridized carbons (Fsp3) is 0.0714. The van der Waals surface area contributed by atoms with Crippen molar-refractivity contribution in [2.75, 3.05) is 11.9 Å². The van der Waals surface area contributed by atoms with Gasteiger partial charge in [-0.1, -0.05) is 23.7 Å². The van der Waals surface area contributed by atoms with Gasteiger partial charge in [-0.25, -0.2) is 4.39 Å². The van der Waals surface area contributed by atoms with Crippen molar-refractivity contribution in [1.29, 1.82) is 0 Å². The number of carbonyl (C=O) groups is 1. The molecule has 0 aliphatic rings. The van der Waals surface area contributed by atoms with E-state index in [0.29, 0.717) is 22.0 Å². The maximum Gasteiger partial charge on any atom is 0.152 e. The van der Waals surface area contributed by atoms with Gasteiger partial charge in [0.1, 0.15) is 5.82 Å². The molecule has 0 bridgehead atoms. The first-order valence-electron chi connectivity index (χ1n) is 5.36. The second-order valence-corrected chi connectivity index (χ2v) is 4.27. The summed E-state index contributed by atoms with van der Waals surface area (Å²) in [5.41, 5.74) is 1.43. The van der Waals surface area contributed by atoms with Crippen molar-refractivity contribution in [3.63, 3.8) is 0 Å². The van der Waals surface area contributed by atoms with Crippen LogP contribution in [0.3, 0.4) is 0 Å². The van der Waals surface area contributed by atoms with Crippen LogP contribution in [0.5, 0.6) is 0 Å². The van der Waals surface area contributed by atoms with E-state index < -0.39 is 0 Å². The summed E-state index contributed by atoms with van der Waals surface area (Å²) < 4.78 is 13.7. The molecule has 4 heteroatoms. The van der Waals surface area contributed by atoms with Crippen LogP contribution in [0.4, 0.5) is 15.8 Å². The van der Waals surface area contributed by atoms with Crippen molar-refractivity contribution in [1.82, 2.24) is 0 Å². The summed E-state index contributed by atoms with van der Waals surface area (Å²) in [6, 6.07) is 11.2. The van der Waals surface area contributed by atoms with Crippen molar-refractivity contribution in [3.05, 3.63) is 58.9 Å². The van der Waals surface area contributed by atoms with Gasteiger partial charge in [-0.2, -0.15) is 0 Å². The minimum Gasteiger partial charge on any atom is -0.342 e. The Morgan fingerprint density at radius 1 is 1.17 bits per heavy atom. The standard InChI is InChI=1S/C14H11ClFNO/c1-17(13-5-3-2-4-12(13)16)14-8-11(15)7-6-10(14)9-18/h2-9H,1H3. The van der Waals surface area contributed by atoms with Gasteiger partial charge in [0.05, 0.1) is 11.4 Å².